The fraction of sp³-hybridized carbons (Fsp3) is 0.375. The Morgan fingerprint density at radius 2 is 2.03 bits per heavy atom. The van der Waals surface area contributed by atoms with Crippen LogP contribution in [0.1, 0.15) is 22.6 Å². The van der Waals surface area contributed by atoms with E-state index in [0.29, 0.717) is 42.8 Å². The van der Waals surface area contributed by atoms with Crippen LogP contribution in [0.25, 0.3) is 21.8 Å². The third-order valence-electron chi connectivity index (χ3n) is 6.29. The topological polar surface area (TPSA) is 136 Å². The minimum atomic E-state index is -0.375. The third-order valence-corrected chi connectivity index (χ3v) is 7.34. The van der Waals surface area contributed by atoms with Gasteiger partial charge in [0.1, 0.15) is 6.26 Å². The summed E-state index contributed by atoms with van der Waals surface area (Å²) < 4.78 is 11.9. The molecule has 11 nitrogen and oxygen atoms in total. The van der Waals surface area contributed by atoms with Crippen molar-refractivity contribution >= 4 is 44.2 Å². The number of aryl methyl sites for hydroxylation is 1. The quantitative estimate of drug-likeness (QED) is 0.416. The summed E-state index contributed by atoms with van der Waals surface area (Å²) in [6.45, 7) is 6.26. The Morgan fingerprint density at radius 1 is 1.17 bits per heavy atom. The van der Waals surface area contributed by atoms with E-state index in [1.54, 1.807) is 23.6 Å². The maximum atomic E-state index is 13.2. The predicted octanol–water partition coefficient (Wildman–Crippen LogP) is 2.68. The Labute approximate surface area is 211 Å². The van der Waals surface area contributed by atoms with Crippen LogP contribution in [0.15, 0.2) is 35.1 Å². The van der Waals surface area contributed by atoms with E-state index in [2.05, 4.69) is 25.1 Å². The van der Waals surface area contributed by atoms with Crippen molar-refractivity contribution in [3.63, 3.8) is 0 Å². The first-order valence-electron chi connectivity index (χ1n) is 11.9. The van der Waals surface area contributed by atoms with Crippen molar-refractivity contribution in [2.75, 3.05) is 54.5 Å². The molecule has 4 aromatic rings. The van der Waals surface area contributed by atoms with Gasteiger partial charge < -0.3 is 30.0 Å². The van der Waals surface area contributed by atoms with Crippen molar-refractivity contribution < 1.29 is 13.9 Å². The number of hydrogen-bond acceptors (Lipinski definition) is 11. The van der Waals surface area contributed by atoms with E-state index >= 15 is 0 Å². The average Bonchev–Trinajstić information content (AvgIpc) is 3.63. The van der Waals surface area contributed by atoms with Crippen LogP contribution >= 0.6 is 11.3 Å². The molecule has 36 heavy (non-hydrogen) atoms. The van der Waals surface area contributed by atoms with Crippen molar-refractivity contribution in [2.24, 2.45) is 5.73 Å². The normalized spacial score (nSPS) is 18.2. The second kappa shape index (κ2) is 9.45. The van der Waals surface area contributed by atoms with Gasteiger partial charge in [-0.1, -0.05) is 11.3 Å². The van der Waals surface area contributed by atoms with E-state index in [0.717, 1.165) is 47.1 Å². The highest BCUT2D eigenvalue weighted by Gasteiger charge is 2.26. The van der Waals surface area contributed by atoms with Gasteiger partial charge in [-0.15, -0.1) is 0 Å². The summed E-state index contributed by atoms with van der Waals surface area (Å²) in [6, 6.07) is 5.65. The highest BCUT2D eigenvalue weighted by atomic mass is 32.1. The van der Waals surface area contributed by atoms with Crippen LogP contribution < -0.4 is 20.9 Å². The maximum Gasteiger partial charge on any atom is 0.277 e. The number of hydrogen-bond donors (Lipinski definition) is 2. The summed E-state index contributed by atoms with van der Waals surface area (Å²) in [5, 5.41) is 3.91. The lowest BCUT2D eigenvalue weighted by atomic mass is 10.2. The first-order chi connectivity index (χ1) is 17.5. The highest BCUT2D eigenvalue weighted by molar-refractivity contribution is 7.22. The number of rotatable bonds is 5. The number of nitrogens with zero attached hydrogens (tertiary/aromatic N) is 6. The van der Waals surface area contributed by atoms with Crippen LogP contribution in [-0.4, -0.2) is 71.3 Å². The molecule has 0 bridgehead atoms. The van der Waals surface area contributed by atoms with Crippen LogP contribution in [0.2, 0.25) is 0 Å². The molecule has 1 atom stereocenters. The summed E-state index contributed by atoms with van der Waals surface area (Å²) in [6.07, 6.45) is 3.91. The van der Waals surface area contributed by atoms with Crippen molar-refractivity contribution in [3.8, 4) is 11.5 Å². The molecule has 3 N–H and O–H groups in total. The van der Waals surface area contributed by atoms with Gasteiger partial charge in [0.25, 0.3) is 5.91 Å². The van der Waals surface area contributed by atoms with Crippen LogP contribution in [-0.2, 0) is 4.74 Å². The molecule has 2 saturated heterocycles. The van der Waals surface area contributed by atoms with Crippen LogP contribution in [0.4, 0.5) is 16.6 Å². The molecule has 186 valence electrons. The van der Waals surface area contributed by atoms with Crippen molar-refractivity contribution in [2.45, 2.75) is 19.4 Å². The number of fused-ring (bicyclic) bond motifs is 1. The lowest BCUT2D eigenvalue weighted by Gasteiger charge is -2.25. The number of carbonyl (C=O) groups is 1. The van der Waals surface area contributed by atoms with Crippen molar-refractivity contribution in [1.82, 2.24) is 19.9 Å². The van der Waals surface area contributed by atoms with Gasteiger partial charge in [-0.25, -0.2) is 9.97 Å². The molecule has 0 aromatic carbocycles. The second-order valence-electron chi connectivity index (χ2n) is 8.95. The Balaban J connectivity index is 1.31. The summed E-state index contributed by atoms with van der Waals surface area (Å²) in [5.41, 5.74) is 9.21. The van der Waals surface area contributed by atoms with E-state index in [1.807, 2.05) is 19.1 Å². The van der Waals surface area contributed by atoms with Crippen LogP contribution in [0.3, 0.4) is 0 Å². The van der Waals surface area contributed by atoms with E-state index < -0.39 is 0 Å². The number of thiazole rings is 1. The van der Waals surface area contributed by atoms with Gasteiger partial charge in [-0.2, -0.15) is 4.98 Å². The number of aromatic nitrogens is 4. The van der Waals surface area contributed by atoms with Gasteiger partial charge >= 0.3 is 0 Å². The molecule has 0 spiro atoms. The Hall–Kier alpha value is -3.61. The first-order valence-corrected chi connectivity index (χ1v) is 12.7. The molecular weight excluding hydrogens is 480 g/mol. The van der Waals surface area contributed by atoms with Gasteiger partial charge in [0.15, 0.2) is 22.3 Å². The summed E-state index contributed by atoms with van der Waals surface area (Å²) in [5.74, 6) is 0.651. The monoisotopic (exact) mass is 506 g/mol. The van der Waals surface area contributed by atoms with Crippen LogP contribution in [0, 0.1) is 6.92 Å². The minimum Gasteiger partial charge on any atom is -0.444 e. The van der Waals surface area contributed by atoms with Crippen molar-refractivity contribution in [3.05, 3.63) is 42.0 Å². The lowest BCUT2D eigenvalue weighted by Crippen LogP contribution is -2.36. The lowest BCUT2D eigenvalue weighted by molar-refractivity contribution is 0.102. The van der Waals surface area contributed by atoms with Gasteiger partial charge in [0, 0.05) is 49.7 Å². The highest BCUT2D eigenvalue weighted by Crippen LogP contribution is 2.36. The number of nitrogens with two attached hydrogens (primary N) is 1. The first kappa shape index (κ1) is 22.8. The molecular formula is C24H26N8O3S. The van der Waals surface area contributed by atoms with Crippen molar-refractivity contribution in [1.29, 1.82) is 0 Å². The van der Waals surface area contributed by atoms with Gasteiger partial charge in [0.2, 0.25) is 5.89 Å². The van der Waals surface area contributed by atoms with Crippen LogP contribution in [0.5, 0.6) is 0 Å². The maximum absolute atomic E-state index is 13.2. The standard InChI is InChI=1S/C24H26N8O3S/c1-14-10-15(2-4-26-14)23-28-18(13-35-23)22(33)27-17-11-19-20(29-21(17)32-5-3-16(25)12-32)30-24(36-19)31-6-8-34-9-7-31/h2,4,10-11,13,16H,3,5-9,12,25H2,1H3,(H,27,33). The van der Waals surface area contributed by atoms with Gasteiger partial charge in [0.05, 0.1) is 23.6 Å². The number of amides is 1. The number of nitrogens with one attached hydrogen (secondary N) is 1. The molecule has 2 aliphatic heterocycles. The fourth-order valence-corrected chi connectivity index (χ4v) is 5.42. The zero-order chi connectivity index (χ0) is 24.6. The molecule has 12 heteroatoms. The molecule has 4 aromatic heterocycles. The van der Waals surface area contributed by atoms with E-state index in [1.165, 1.54) is 6.26 Å². The van der Waals surface area contributed by atoms with E-state index in [9.17, 15) is 4.79 Å². The number of carbonyl (C=O) groups excluding carboxylic acids is 1. The molecule has 2 fully saturated rings. The molecule has 0 radical (unpaired) electrons. The number of morpholine rings is 1. The Kier molecular flexibility index (Phi) is 5.99. The minimum absolute atomic E-state index is 0.0623. The number of oxazole rings is 1. The van der Waals surface area contributed by atoms with E-state index in [-0.39, 0.29) is 17.6 Å². The largest absolute Gasteiger partial charge is 0.444 e. The third kappa shape index (κ3) is 4.50. The number of pyridine rings is 2. The number of anilines is 3. The SMILES string of the molecule is Cc1cc(-c2nc(C(=O)Nc3cc4sc(N5CCOCC5)nc4nc3N3CCC(N)C3)co2)ccn1. The summed E-state index contributed by atoms with van der Waals surface area (Å²) in [7, 11) is 0. The van der Waals surface area contributed by atoms with Gasteiger partial charge in [-0.3, -0.25) is 9.78 Å². The second-order valence-corrected chi connectivity index (χ2v) is 9.96. The molecule has 2 aliphatic rings. The molecule has 0 saturated carbocycles. The van der Waals surface area contributed by atoms with E-state index in [4.69, 9.17) is 24.9 Å². The molecule has 6 rings (SSSR count). The molecule has 6 heterocycles. The smallest absolute Gasteiger partial charge is 0.277 e. The number of ether oxygens (including phenoxy) is 1. The summed E-state index contributed by atoms with van der Waals surface area (Å²) in [4.78, 5) is 35.7. The zero-order valence-corrected chi connectivity index (χ0v) is 20.6. The molecule has 1 amide bonds. The average molecular weight is 507 g/mol. The Bertz CT molecular complexity index is 1410. The summed E-state index contributed by atoms with van der Waals surface area (Å²) >= 11 is 1.56. The molecule has 0 aliphatic carbocycles. The fourth-order valence-electron chi connectivity index (χ4n) is 4.42. The Morgan fingerprint density at radius 3 is 2.81 bits per heavy atom. The predicted molar refractivity (Wildman–Crippen MR) is 138 cm³/mol. The van der Waals surface area contributed by atoms with Gasteiger partial charge in [-0.05, 0) is 31.5 Å². The molecule has 1 unspecified atom stereocenters. The zero-order valence-electron chi connectivity index (χ0n) is 19.8.